The number of carbonyl (C=O) groups is 2. The minimum atomic E-state index is -0.693. The number of carboxylic acids is 1. The van der Waals surface area contributed by atoms with Crippen molar-refractivity contribution in [2.75, 3.05) is 0 Å². The average molecular weight is 633 g/mol. The predicted octanol–water partition coefficient (Wildman–Crippen LogP) is 13.6. The summed E-state index contributed by atoms with van der Waals surface area (Å²) in [5.41, 5.74) is 0. The molecule has 1 unspecified atom stereocenters. The summed E-state index contributed by atoms with van der Waals surface area (Å²) < 4.78 is 5.96. The summed E-state index contributed by atoms with van der Waals surface area (Å²) >= 11 is 0. The second kappa shape index (κ2) is 36.9. The number of allylic oxidation sites excluding steroid dienone is 4. The van der Waals surface area contributed by atoms with Gasteiger partial charge in [-0.05, 0) is 70.6 Å². The van der Waals surface area contributed by atoms with E-state index in [1.54, 1.807) is 0 Å². The highest BCUT2D eigenvalue weighted by Crippen LogP contribution is 2.19. The second-order valence-electron chi connectivity index (χ2n) is 13.5. The lowest BCUT2D eigenvalue weighted by Gasteiger charge is -2.18. The molecule has 1 atom stereocenters. The summed E-state index contributed by atoms with van der Waals surface area (Å²) in [6.07, 6.45) is 46.4. The van der Waals surface area contributed by atoms with Crippen LogP contribution in [0.25, 0.3) is 0 Å². The molecule has 45 heavy (non-hydrogen) atoms. The molecule has 0 bridgehead atoms. The van der Waals surface area contributed by atoms with Gasteiger partial charge in [0.15, 0.2) is 0 Å². The first-order valence-electron chi connectivity index (χ1n) is 19.8. The van der Waals surface area contributed by atoms with Gasteiger partial charge in [0.05, 0.1) is 0 Å². The Bertz CT molecular complexity index is 683. The summed E-state index contributed by atoms with van der Waals surface area (Å²) in [6.45, 7) is 4.50. The van der Waals surface area contributed by atoms with Crippen LogP contribution in [0.3, 0.4) is 0 Å². The highest BCUT2D eigenvalue weighted by molar-refractivity contribution is 5.69. The Balaban J connectivity index is 3.75. The Hall–Kier alpha value is -1.58. The molecular weight excluding hydrogens is 556 g/mol. The highest BCUT2D eigenvalue weighted by atomic mass is 16.5. The molecule has 0 aromatic heterocycles. The van der Waals surface area contributed by atoms with Gasteiger partial charge in [0, 0.05) is 12.8 Å². The summed E-state index contributed by atoms with van der Waals surface area (Å²) in [5, 5.41) is 8.75. The van der Waals surface area contributed by atoms with Crippen LogP contribution in [0.4, 0.5) is 0 Å². The maximum Gasteiger partial charge on any atom is 0.306 e. The van der Waals surface area contributed by atoms with Crippen LogP contribution in [-0.2, 0) is 14.3 Å². The molecule has 0 saturated carbocycles. The van der Waals surface area contributed by atoms with Gasteiger partial charge < -0.3 is 9.84 Å². The van der Waals surface area contributed by atoms with Crippen molar-refractivity contribution in [3.8, 4) is 0 Å². The molecule has 0 heterocycles. The number of hydrogen-bond acceptors (Lipinski definition) is 3. The van der Waals surface area contributed by atoms with Gasteiger partial charge in [-0.3, -0.25) is 9.59 Å². The van der Waals surface area contributed by atoms with Crippen molar-refractivity contribution in [1.82, 2.24) is 0 Å². The van der Waals surface area contributed by atoms with Crippen molar-refractivity contribution in [3.05, 3.63) is 24.3 Å². The van der Waals surface area contributed by atoms with Gasteiger partial charge in [0.2, 0.25) is 0 Å². The largest absolute Gasteiger partial charge is 0.481 e. The molecule has 0 fully saturated rings. The molecule has 0 aliphatic heterocycles. The lowest BCUT2D eigenvalue weighted by atomic mass is 10.0. The van der Waals surface area contributed by atoms with E-state index < -0.39 is 5.97 Å². The van der Waals surface area contributed by atoms with Crippen molar-refractivity contribution in [2.45, 2.75) is 225 Å². The molecule has 4 heteroatoms. The summed E-state index contributed by atoms with van der Waals surface area (Å²) in [5.74, 6) is -0.686. The number of aliphatic carboxylic acids is 1. The SMILES string of the molecule is CCCCC/C=C\C/C=C\CCCCCCCCCCCCCC(=O)OC(CCCCCCC)CCCCCCCCC(=O)O. The van der Waals surface area contributed by atoms with Crippen molar-refractivity contribution < 1.29 is 19.4 Å². The van der Waals surface area contributed by atoms with Crippen LogP contribution in [0.5, 0.6) is 0 Å². The smallest absolute Gasteiger partial charge is 0.306 e. The van der Waals surface area contributed by atoms with Crippen LogP contribution in [0.15, 0.2) is 24.3 Å². The van der Waals surface area contributed by atoms with Crippen molar-refractivity contribution in [2.24, 2.45) is 0 Å². The molecule has 0 saturated heterocycles. The van der Waals surface area contributed by atoms with Gasteiger partial charge in [-0.25, -0.2) is 0 Å². The van der Waals surface area contributed by atoms with Gasteiger partial charge in [0.25, 0.3) is 0 Å². The predicted molar refractivity (Wildman–Crippen MR) is 195 cm³/mol. The summed E-state index contributed by atoms with van der Waals surface area (Å²) in [4.78, 5) is 23.2. The Labute approximate surface area is 280 Å². The molecule has 0 rings (SSSR count). The fourth-order valence-electron chi connectivity index (χ4n) is 5.98. The summed E-state index contributed by atoms with van der Waals surface area (Å²) in [7, 11) is 0. The molecule has 1 N–H and O–H groups in total. The third-order valence-electron chi connectivity index (χ3n) is 8.93. The van der Waals surface area contributed by atoms with Crippen molar-refractivity contribution >= 4 is 11.9 Å². The minimum absolute atomic E-state index is 0.00682. The normalized spacial score (nSPS) is 12.4. The molecule has 4 nitrogen and oxygen atoms in total. The van der Waals surface area contributed by atoms with Crippen LogP contribution < -0.4 is 0 Å². The minimum Gasteiger partial charge on any atom is -0.481 e. The zero-order valence-electron chi connectivity index (χ0n) is 30.2. The van der Waals surface area contributed by atoms with E-state index in [1.165, 1.54) is 116 Å². The zero-order chi connectivity index (χ0) is 32.9. The molecule has 264 valence electrons. The number of esters is 1. The van der Waals surface area contributed by atoms with Crippen LogP contribution in [0.1, 0.15) is 219 Å². The number of ether oxygens (including phenoxy) is 1. The Morgan fingerprint density at radius 3 is 1.36 bits per heavy atom. The number of carbonyl (C=O) groups excluding carboxylic acids is 1. The third kappa shape index (κ3) is 36.8. The topological polar surface area (TPSA) is 63.6 Å². The van der Waals surface area contributed by atoms with Gasteiger partial charge in [0.1, 0.15) is 6.10 Å². The van der Waals surface area contributed by atoms with E-state index in [0.29, 0.717) is 6.42 Å². The molecule has 0 aromatic rings. The fraction of sp³-hybridized carbons (Fsp3) is 0.854. The van der Waals surface area contributed by atoms with E-state index in [4.69, 9.17) is 9.84 Å². The number of hydrogen-bond donors (Lipinski definition) is 1. The van der Waals surface area contributed by atoms with Gasteiger partial charge in [-0.15, -0.1) is 0 Å². The molecule has 0 aliphatic carbocycles. The van der Waals surface area contributed by atoms with Crippen molar-refractivity contribution in [1.29, 1.82) is 0 Å². The Morgan fingerprint density at radius 2 is 0.867 bits per heavy atom. The van der Waals surface area contributed by atoms with E-state index in [2.05, 4.69) is 38.2 Å². The lowest BCUT2D eigenvalue weighted by Crippen LogP contribution is -2.18. The van der Waals surface area contributed by atoms with Crippen LogP contribution in [0, 0.1) is 0 Å². The second-order valence-corrected chi connectivity index (χ2v) is 13.5. The van der Waals surface area contributed by atoms with E-state index >= 15 is 0 Å². The molecule has 0 radical (unpaired) electrons. The maximum atomic E-state index is 12.6. The molecule has 0 aliphatic rings. The van der Waals surface area contributed by atoms with Gasteiger partial charge >= 0.3 is 11.9 Å². The first-order valence-corrected chi connectivity index (χ1v) is 19.8. The molecular formula is C41H76O4. The zero-order valence-corrected chi connectivity index (χ0v) is 30.2. The van der Waals surface area contributed by atoms with E-state index in [-0.39, 0.29) is 18.5 Å². The lowest BCUT2D eigenvalue weighted by molar-refractivity contribution is -0.150. The quantitative estimate of drug-likeness (QED) is 0.0424. The van der Waals surface area contributed by atoms with Gasteiger partial charge in [-0.2, -0.15) is 0 Å². The fourth-order valence-corrected chi connectivity index (χ4v) is 5.98. The molecule has 0 aromatic carbocycles. The van der Waals surface area contributed by atoms with Crippen LogP contribution in [0.2, 0.25) is 0 Å². The number of unbranched alkanes of at least 4 members (excludes halogenated alkanes) is 23. The standard InChI is InChI=1S/C41H76O4/c1-3-5-7-9-10-11-12-13-14-15-16-17-18-19-20-21-22-23-24-30-34-38-41(44)45-39(35-31-27-8-6-4-2)36-32-28-25-26-29-33-37-40(42)43/h10-11,13-14,39H,3-9,12,15-38H2,1-2H3,(H,42,43)/b11-10-,14-13-. The maximum absolute atomic E-state index is 12.6. The van der Waals surface area contributed by atoms with Crippen LogP contribution >= 0.6 is 0 Å². The Kier molecular flexibility index (Phi) is 35.6. The molecule has 0 spiro atoms. The average Bonchev–Trinajstić information content (AvgIpc) is 3.02. The van der Waals surface area contributed by atoms with E-state index in [0.717, 1.165) is 77.0 Å². The van der Waals surface area contributed by atoms with Gasteiger partial charge in [-0.1, -0.05) is 160 Å². The molecule has 0 amide bonds. The summed E-state index contributed by atoms with van der Waals surface area (Å²) in [6, 6.07) is 0. The Morgan fingerprint density at radius 1 is 0.489 bits per heavy atom. The number of carboxylic acid groups (broad SMARTS) is 1. The van der Waals surface area contributed by atoms with E-state index in [9.17, 15) is 9.59 Å². The first-order chi connectivity index (χ1) is 22.1. The highest BCUT2D eigenvalue weighted by Gasteiger charge is 2.14. The monoisotopic (exact) mass is 633 g/mol. The van der Waals surface area contributed by atoms with Crippen molar-refractivity contribution in [3.63, 3.8) is 0 Å². The number of rotatable bonds is 36. The van der Waals surface area contributed by atoms with E-state index in [1.807, 2.05) is 0 Å². The first kappa shape index (κ1) is 43.4. The third-order valence-corrected chi connectivity index (χ3v) is 8.93. The van der Waals surface area contributed by atoms with Crippen LogP contribution in [-0.4, -0.2) is 23.1 Å².